The van der Waals surface area contributed by atoms with E-state index in [0.29, 0.717) is 18.7 Å². The van der Waals surface area contributed by atoms with Crippen molar-refractivity contribution in [1.29, 1.82) is 0 Å². The van der Waals surface area contributed by atoms with E-state index in [1.807, 2.05) is 6.07 Å². The molecule has 1 amide bonds. The van der Waals surface area contributed by atoms with Crippen LogP contribution in [0.2, 0.25) is 0 Å². The largest absolute Gasteiger partial charge is 0.444 e. The van der Waals surface area contributed by atoms with Crippen LogP contribution in [0.5, 0.6) is 0 Å². The molecule has 7 nitrogen and oxygen atoms in total. The molecular weight excluding hydrogens is 404 g/mol. The van der Waals surface area contributed by atoms with Crippen molar-refractivity contribution >= 4 is 21.9 Å². The number of rotatable bonds is 7. The summed E-state index contributed by atoms with van der Waals surface area (Å²) in [5.41, 5.74) is 0.653. The van der Waals surface area contributed by atoms with Gasteiger partial charge in [-0.2, -0.15) is 4.31 Å². The number of benzene rings is 2. The number of amides is 1. The van der Waals surface area contributed by atoms with E-state index in [9.17, 15) is 18.0 Å². The molecule has 2 fully saturated rings. The van der Waals surface area contributed by atoms with Crippen LogP contribution in [0.3, 0.4) is 0 Å². The lowest BCUT2D eigenvalue weighted by molar-refractivity contribution is -0.130. The van der Waals surface area contributed by atoms with Gasteiger partial charge in [0.25, 0.3) is 5.91 Å². The quantitative estimate of drug-likeness (QED) is 0.685. The number of sulfonamides is 1. The van der Waals surface area contributed by atoms with Crippen LogP contribution in [0, 0.1) is 0 Å². The van der Waals surface area contributed by atoms with Crippen molar-refractivity contribution in [2.45, 2.75) is 42.7 Å². The molecule has 8 heteroatoms. The van der Waals surface area contributed by atoms with Crippen molar-refractivity contribution in [2.24, 2.45) is 0 Å². The summed E-state index contributed by atoms with van der Waals surface area (Å²) < 4.78 is 32.6. The summed E-state index contributed by atoms with van der Waals surface area (Å²) in [5, 5.41) is 2.86. The predicted octanol–water partition coefficient (Wildman–Crippen LogP) is 2.65. The molecule has 2 aromatic carbocycles. The number of carbonyl (C=O) groups excluding carboxylic acids is 2. The third-order valence-electron chi connectivity index (χ3n) is 5.26. The number of hydrogen-bond acceptors (Lipinski definition) is 5. The Hall–Kier alpha value is -2.71. The molecule has 1 aliphatic carbocycles. The van der Waals surface area contributed by atoms with Gasteiger partial charge in [0.2, 0.25) is 16.1 Å². The molecule has 0 radical (unpaired) electrons. The zero-order valence-electron chi connectivity index (χ0n) is 16.5. The van der Waals surface area contributed by atoms with Gasteiger partial charge in [-0.1, -0.05) is 36.4 Å². The molecule has 1 saturated heterocycles. The Morgan fingerprint density at radius 3 is 2.37 bits per heavy atom. The summed E-state index contributed by atoms with van der Waals surface area (Å²) in [5.74, 6) is -1.12. The number of nitrogens with zero attached hydrogens (tertiary/aromatic N) is 1. The molecule has 0 aromatic heterocycles. The number of carbonyl (C=O) groups is 2. The molecular formula is C22H24N2O5S. The molecule has 30 heavy (non-hydrogen) atoms. The molecule has 0 bridgehead atoms. The summed E-state index contributed by atoms with van der Waals surface area (Å²) in [6, 6.07) is 14.7. The number of hydrogen-bond donors (Lipinski definition) is 1. The van der Waals surface area contributed by atoms with Crippen LogP contribution in [-0.4, -0.2) is 43.7 Å². The van der Waals surface area contributed by atoms with Gasteiger partial charge < -0.3 is 10.1 Å². The highest BCUT2D eigenvalue weighted by molar-refractivity contribution is 7.89. The van der Waals surface area contributed by atoms with Crippen molar-refractivity contribution in [3.63, 3.8) is 0 Å². The Balaban J connectivity index is 1.56. The summed E-state index contributed by atoms with van der Waals surface area (Å²) in [6.07, 6.45) is 2.39. The van der Waals surface area contributed by atoms with Crippen molar-refractivity contribution in [3.05, 3.63) is 65.7 Å². The van der Waals surface area contributed by atoms with Gasteiger partial charge in [-0.05, 0) is 43.9 Å². The van der Waals surface area contributed by atoms with Crippen LogP contribution in [-0.2, 0) is 19.6 Å². The average molecular weight is 429 g/mol. The van der Waals surface area contributed by atoms with Gasteiger partial charge in [0.05, 0.1) is 10.5 Å². The van der Waals surface area contributed by atoms with Crippen LogP contribution >= 0.6 is 0 Å². The molecule has 1 unspecified atom stereocenters. The lowest BCUT2D eigenvalue weighted by Crippen LogP contribution is -2.33. The van der Waals surface area contributed by atoms with Crippen molar-refractivity contribution in [1.82, 2.24) is 9.62 Å². The second kappa shape index (κ2) is 8.57. The zero-order valence-corrected chi connectivity index (χ0v) is 17.3. The van der Waals surface area contributed by atoms with Gasteiger partial charge in [-0.15, -0.1) is 0 Å². The molecule has 2 aliphatic rings. The van der Waals surface area contributed by atoms with Gasteiger partial charge >= 0.3 is 5.97 Å². The minimum atomic E-state index is -3.65. The average Bonchev–Trinajstić information content (AvgIpc) is 3.39. The van der Waals surface area contributed by atoms with Crippen LogP contribution in [0.1, 0.15) is 47.7 Å². The molecule has 1 aliphatic heterocycles. The SMILES string of the molecule is O=C(OC(C(=O)NC1CC1)c1ccccc1)c1cccc(S(=O)(=O)N2CCCC2)c1. The second-order valence-electron chi connectivity index (χ2n) is 7.62. The molecule has 1 atom stereocenters. The maximum atomic E-state index is 12.8. The van der Waals surface area contributed by atoms with Crippen molar-refractivity contribution in [2.75, 3.05) is 13.1 Å². The van der Waals surface area contributed by atoms with Crippen molar-refractivity contribution in [3.8, 4) is 0 Å². The summed E-state index contributed by atoms with van der Waals surface area (Å²) in [7, 11) is -3.65. The fourth-order valence-corrected chi connectivity index (χ4v) is 5.00. The van der Waals surface area contributed by atoms with Gasteiger partial charge in [-0.25, -0.2) is 13.2 Å². The van der Waals surface area contributed by atoms with Crippen LogP contribution in [0.15, 0.2) is 59.5 Å². The molecule has 158 valence electrons. The minimum absolute atomic E-state index is 0.0533. The van der Waals surface area contributed by atoms with Gasteiger partial charge in [0, 0.05) is 24.7 Å². The summed E-state index contributed by atoms with van der Waals surface area (Å²) >= 11 is 0. The van der Waals surface area contributed by atoms with Crippen LogP contribution in [0.4, 0.5) is 0 Å². The normalized spacial score (nSPS) is 18.0. The minimum Gasteiger partial charge on any atom is -0.444 e. The Bertz CT molecular complexity index is 1030. The van der Waals surface area contributed by atoms with E-state index in [2.05, 4.69) is 5.32 Å². The van der Waals surface area contributed by atoms with E-state index < -0.39 is 22.1 Å². The molecule has 0 spiro atoms. The lowest BCUT2D eigenvalue weighted by Gasteiger charge is -2.19. The van der Waals surface area contributed by atoms with E-state index in [4.69, 9.17) is 4.74 Å². The topological polar surface area (TPSA) is 92.8 Å². The zero-order chi connectivity index (χ0) is 21.1. The Labute approximate surface area is 176 Å². The molecule has 1 heterocycles. The fourth-order valence-electron chi connectivity index (χ4n) is 3.44. The Morgan fingerprint density at radius 2 is 1.70 bits per heavy atom. The number of esters is 1. The van der Waals surface area contributed by atoms with Gasteiger partial charge in [-0.3, -0.25) is 4.79 Å². The Morgan fingerprint density at radius 1 is 1.00 bits per heavy atom. The first kappa shape index (κ1) is 20.6. The monoisotopic (exact) mass is 428 g/mol. The molecule has 4 rings (SSSR count). The molecule has 2 aromatic rings. The predicted molar refractivity (Wildman–Crippen MR) is 110 cm³/mol. The third kappa shape index (κ3) is 4.55. The first-order valence-corrected chi connectivity index (χ1v) is 11.6. The molecule has 1 saturated carbocycles. The first-order valence-electron chi connectivity index (χ1n) is 10.1. The molecule has 1 N–H and O–H groups in total. The van der Waals surface area contributed by atoms with E-state index in [1.165, 1.54) is 28.6 Å². The maximum absolute atomic E-state index is 12.8. The van der Waals surface area contributed by atoms with E-state index in [-0.39, 0.29) is 22.4 Å². The standard InChI is InChI=1S/C22H24N2O5S/c25-21(23-18-11-12-18)20(16-7-2-1-3-8-16)29-22(26)17-9-6-10-19(15-17)30(27,28)24-13-4-5-14-24/h1-3,6-10,15,18,20H,4-5,11-14H2,(H,23,25). The van der Waals surface area contributed by atoms with Crippen molar-refractivity contribution < 1.29 is 22.7 Å². The van der Waals surface area contributed by atoms with E-state index >= 15 is 0 Å². The highest BCUT2D eigenvalue weighted by Crippen LogP contribution is 2.25. The van der Waals surface area contributed by atoms with Crippen LogP contribution in [0.25, 0.3) is 0 Å². The number of nitrogens with one attached hydrogen (secondary N) is 1. The smallest absolute Gasteiger partial charge is 0.339 e. The second-order valence-corrected chi connectivity index (χ2v) is 9.56. The number of ether oxygens (including phenoxy) is 1. The fraction of sp³-hybridized carbons (Fsp3) is 0.364. The van der Waals surface area contributed by atoms with Gasteiger partial charge in [0.1, 0.15) is 0 Å². The first-order chi connectivity index (χ1) is 14.4. The van der Waals surface area contributed by atoms with Gasteiger partial charge in [0.15, 0.2) is 0 Å². The summed E-state index contributed by atoms with van der Waals surface area (Å²) in [4.78, 5) is 25.5. The third-order valence-corrected chi connectivity index (χ3v) is 7.16. The summed E-state index contributed by atoms with van der Waals surface area (Å²) in [6.45, 7) is 0.961. The lowest BCUT2D eigenvalue weighted by atomic mass is 10.1. The maximum Gasteiger partial charge on any atom is 0.339 e. The highest BCUT2D eigenvalue weighted by atomic mass is 32.2. The van der Waals surface area contributed by atoms with E-state index in [0.717, 1.165) is 25.7 Å². The highest BCUT2D eigenvalue weighted by Gasteiger charge is 2.32. The van der Waals surface area contributed by atoms with Crippen LogP contribution < -0.4 is 5.32 Å². The van der Waals surface area contributed by atoms with E-state index in [1.54, 1.807) is 24.3 Å². The Kier molecular flexibility index (Phi) is 5.87.